The molecule has 2 saturated heterocycles. The topological polar surface area (TPSA) is 111 Å². The Kier molecular flexibility index (Phi) is 7.94. The highest BCUT2D eigenvalue weighted by atomic mass is 35.5. The second kappa shape index (κ2) is 12.0. The molecule has 1 saturated carbocycles. The Morgan fingerprint density at radius 2 is 1.66 bits per heavy atom. The fraction of sp³-hybridized carbons (Fsp3) is 0.289. The number of halogens is 6. The van der Waals surface area contributed by atoms with Gasteiger partial charge in [-0.15, -0.1) is 0 Å². The number of fused-ring (bicyclic) bond motifs is 5. The van der Waals surface area contributed by atoms with Crippen molar-refractivity contribution in [2.24, 2.45) is 29.1 Å². The molecule has 2 aliphatic carbocycles. The molecule has 2 aliphatic heterocycles. The maximum absolute atomic E-state index is 14.7. The van der Waals surface area contributed by atoms with Crippen molar-refractivity contribution in [3.8, 4) is 5.75 Å². The van der Waals surface area contributed by atoms with Crippen LogP contribution in [0.5, 0.6) is 5.75 Å². The van der Waals surface area contributed by atoms with Crippen LogP contribution in [0.1, 0.15) is 36.9 Å². The molecule has 3 aromatic carbocycles. The molecule has 6 atom stereocenters. The Balaban J connectivity index is 1.26. The quantitative estimate of drug-likeness (QED) is 0.129. The van der Waals surface area contributed by atoms with Crippen LogP contribution in [0.2, 0.25) is 10.0 Å². The summed E-state index contributed by atoms with van der Waals surface area (Å²) in [6.07, 6.45) is -3.09. The minimum absolute atomic E-state index is 0.0280. The van der Waals surface area contributed by atoms with Crippen LogP contribution in [-0.2, 0) is 25.4 Å². The predicted molar refractivity (Wildman–Crippen MR) is 186 cm³/mol. The Bertz CT molecular complexity index is 2340. The predicted octanol–water partition coefficient (Wildman–Crippen LogP) is 7.69. The van der Waals surface area contributed by atoms with E-state index in [9.17, 15) is 41.8 Å². The molecule has 1 N–H and O–H groups in total. The second-order valence-corrected chi connectivity index (χ2v) is 14.8. The largest absolute Gasteiger partial charge is 0.507 e. The molecule has 9 nitrogen and oxygen atoms in total. The first-order chi connectivity index (χ1) is 25.0. The highest BCUT2D eigenvalue weighted by Gasteiger charge is 2.68. The summed E-state index contributed by atoms with van der Waals surface area (Å²) in [6, 6.07) is 15.7. The zero-order valence-corrected chi connectivity index (χ0v) is 29.4. The number of phenols is 1. The van der Waals surface area contributed by atoms with Gasteiger partial charge in [-0.25, -0.2) is 14.3 Å². The monoisotopic (exact) mass is 766 g/mol. The molecule has 53 heavy (non-hydrogen) atoms. The van der Waals surface area contributed by atoms with E-state index in [1.807, 2.05) is 0 Å². The van der Waals surface area contributed by atoms with Gasteiger partial charge in [-0.1, -0.05) is 71.2 Å². The Labute approximate surface area is 309 Å². The molecule has 4 amide bonds. The molecule has 4 aromatic rings. The van der Waals surface area contributed by atoms with E-state index in [2.05, 4.69) is 4.98 Å². The Morgan fingerprint density at radius 1 is 0.925 bits per heavy atom. The van der Waals surface area contributed by atoms with Crippen molar-refractivity contribution in [1.29, 1.82) is 0 Å². The number of amides is 4. The smallest absolute Gasteiger partial charge is 0.433 e. The van der Waals surface area contributed by atoms with Gasteiger partial charge < -0.3 is 5.11 Å². The van der Waals surface area contributed by atoms with Crippen molar-refractivity contribution in [3.63, 3.8) is 0 Å². The summed E-state index contributed by atoms with van der Waals surface area (Å²) in [5, 5.41) is 14.1. The lowest BCUT2D eigenvalue weighted by Gasteiger charge is -2.49. The zero-order valence-electron chi connectivity index (χ0n) is 27.9. The normalized spacial score (nSPS) is 26.9. The minimum atomic E-state index is -4.83. The minimum Gasteiger partial charge on any atom is -0.507 e. The van der Waals surface area contributed by atoms with Crippen molar-refractivity contribution in [2.45, 2.75) is 31.9 Å². The summed E-state index contributed by atoms with van der Waals surface area (Å²) in [6.45, 7) is 1.63. The first kappa shape index (κ1) is 35.0. The first-order valence-electron chi connectivity index (χ1n) is 16.6. The number of aromatic nitrogens is 1. The highest BCUT2D eigenvalue weighted by Crippen LogP contribution is 2.65. The fourth-order valence-corrected chi connectivity index (χ4v) is 9.33. The number of benzene rings is 3. The first-order valence-corrected chi connectivity index (χ1v) is 17.4. The maximum atomic E-state index is 14.7. The van der Waals surface area contributed by atoms with E-state index in [-0.39, 0.29) is 34.3 Å². The number of rotatable bonds is 4. The molecular weight excluding hydrogens is 739 g/mol. The number of carbonyl (C=O) groups excluding carboxylic acids is 4. The van der Waals surface area contributed by atoms with Crippen LogP contribution in [0, 0.1) is 34.9 Å². The van der Waals surface area contributed by atoms with Crippen molar-refractivity contribution in [3.05, 3.63) is 105 Å². The van der Waals surface area contributed by atoms with Gasteiger partial charge in [-0.05, 0) is 61.4 Å². The number of allylic oxidation sites excluding steroid dienone is 2. The summed E-state index contributed by atoms with van der Waals surface area (Å²) in [5.74, 6) is -8.91. The lowest BCUT2D eigenvalue weighted by Crippen LogP contribution is -2.49. The van der Waals surface area contributed by atoms with Gasteiger partial charge in [0, 0.05) is 23.9 Å². The third-order valence-corrected chi connectivity index (χ3v) is 12.0. The van der Waals surface area contributed by atoms with Crippen molar-refractivity contribution in [2.75, 3.05) is 17.0 Å². The molecule has 15 heteroatoms. The molecule has 8 rings (SSSR count). The van der Waals surface area contributed by atoms with Crippen molar-refractivity contribution >= 4 is 69.1 Å². The molecule has 3 heterocycles. The summed E-state index contributed by atoms with van der Waals surface area (Å²) in [4.78, 5) is 62.2. The number of phenolic OH excluding ortho intramolecular Hbond substituents is 1. The van der Waals surface area contributed by atoms with Gasteiger partial charge in [-0.3, -0.25) is 24.2 Å². The van der Waals surface area contributed by atoms with Gasteiger partial charge in [0.25, 0.3) is 11.8 Å². The number of aromatic hydroxyl groups is 1. The van der Waals surface area contributed by atoms with Crippen LogP contribution in [-0.4, -0.2) is 45.8 Å². The molecule has 0 radical (unpaired) electrons. The van der Waals surface area contributed by atoms with Crippen LogP contribution in [0.3, 0.4) is 0 Å². The van der Waals surface area contributed by atoms with E-state index in [1.165, 1.54) is 19.2 Å². The summed E-state index contributed by atoms with van der Waals surface area (Å²) < 4.78 is 55.0. The molecule has 272 valence electrons. The molecule has 4 aliphatic rings. The standard InChI is InChI=1S/C38H28Cl2F4N4O5/c1-37-24(34(51)47(36(37)53)18-8-13-27(41)26(40)15-18)16-23-20(30(37)22-9-7-17-5-3-4-6-19(17)31(22)49)10-11-21-29(23)35(52)48(33(21)50)46(2)32-25(39)12-14-28(45-32)38(42,43)44/h3-10,12-15,21,23-24,29-30,49H,11,16H2,1-2H3/t21-,23+,24-,29-,30+,37+/m0/s1. The van der Waals surface area contributed by atoms with Crippen LogP contribution >= 0.6 is 23.2 Å². The van der Waals surface area contributed by atoms with E-state index in [0.717, 1.165) is 27.1 Å². The average Bonchev–Trinajstić information content (AvgIpc) is 3.49. The number of nitrogens with zero attached hydrogens (tertiary/aromatic N) is 4. The van der Waals surface area contributed by atoms with Crippen LogP contribution in [0.15, 0.2) is 78.4 Å². The molecule has 0 unspecified atom stereocenters. The van der Waals surface area contributed by atoms with Gasteiger partial charge in [0.1, 0.15) is 17.3 Å². The lowest BCUT2D eigenvalue weighted by atomic mass is 9.51. The van der Waals surface area contributed by atoms with E-state index < -0.39 is 82.1 Å². The summed E-state index contributed by atoms with van der Waals surface area (Å²) >= 11 is 12.3. The highest BCUT2D eigenvalue weighted by molar-refractivity contribution is 6.33. The van der Waals surface area contributed by atoms with Gasteiger partial charge in [0.05, 0.1) is 38.9 Å². The molecule has 0 spiro atoms. The third kappa shape index (κ3) is 5.00. The fourth-order valence-electron chi connectivity index (χ4n) is 8.92. The van der Waals surface area contributed by atoms with Gasteiger partial charge >= 0.3 is 6.18 Å². The van der Waals surface area contributed by atoms with E-state index in [1.54, 1.807) is 49.4 Å². The van der Waals surface area contributed by atoms with Gasteiger partial charge in [0.2, 0.25) is 11.8 Å². The number of hydrazine groups is 1. The van der Waals surface area contributed by atoms with E-state index in [0.29, 0.717) is 28.0 Å². The number of hydrogen-bond acceptors (Lipinski definition) is 7. The van der Waals surface area contributed by atoms with Gasteiger partial charge in [-0.2, -0.15) is 18.2 Å². The summed E-state index contributed by atoms with van der Waals surface area (Å²) in [5.41, 5.74) is -1.85. The second-order valence-electron chi connectivity index (χ2n) is 14.0. The van der Waals surface area contributed by atoms with E-state index >= 15 is 0 Å². The molecule has 1 aromatic heterocycles. The Hall–Kier alpha value is -5.01. The van der Waals surface area contributed by atoms with Crippen LogP contribution < -0.4 is 9.91 Å². The van der Waals surface area contributed by atoms with Gasteiger partial charge in [0.15, 0.2) is 5.82 Å². The number of imide groups is 2. The molecular formula is C38H28Cl2F4N4O5. The van der Waals surface area contributed by atoms with Crippen LogP contribution in [0.4, 0.5) is 29.1 Å². The van der Waals surface area contributed by atoms with E-state index in [4.69, 9.17) is 23.2 Å². The third-order valence-electron chi connectivity index (χ3n) is 11.4. The number of pyridine rings is 1. The number of hydrogen-bond donors (Lipinski definition) is 1. The Morgan fingerprint density at radius 3 is 2.38 bits per heavy atom. The number of anilines is 2. The molecule has 0 bridgehead atoms. The lowest BCUT2D eigenvalue weighted by molar-refractivity contribution is -0.141. The SMILES string of the molecule is CN(c1nc(C(F)(F)F)ccc1Cl)N1C(=O)[C@H]2[C@H](CC=C3[C@H]2C[C@H]2C(=O)N(c4ccc(F)c(Cl)c4)C(=O)[C@@]2(C)[C@H]3c2ccc3ccccc3c2O)C1=O. The zero-order chi connectivity index (χ0) is 37.9. The number of alkyl halides is 3. The maximum Gasteiger partial charge on any atom is 0.433 e. The average molecular weight is 768 g/mol. The summed E-state index contributed by atoms with van der Waals surface area (Å²) in [7, 11) is 1.22. The van der Waals surface area contributed by atoms with Crippen molar-refractivity contribution < 1.29 is 41.8 Å². The number of carbonyl (C=O) groups is 4. The molecule has 3 fully saturated rings. The van der Waals surface area contributed by atoms with Crippen LogP contribution in [0.25, 0.3) is 10.8 Å². The van der Waals surface area contributed by atoms with Crippen molar-refractivity contribution in [1.82, 2.24) is 9.99 Å².